The van der Waals surface area contributed by atoms with Crippen LogP contribution in [0.4, 0.5) is 0 Å². The second kappa shape index (κ2) is 4.40. The highest BCUT2D eigenvalue weighted by Crippen LogP contribution is 2.37. The summed E-state index contributed by atoms with van der Waals surface area (Å²) >= 11 is 0. The lowest BCUT2D eigenvalue weighted by atomic mass is 10.0. The molecule has 3 nitrogen and oxygen atoms in total. The first-order valence-electron chi connectivity index (χ1n) is 4.68. The van der Waals surface area contributed by atoms with Crippen LogP contribution < -0.4 is 5.50 Å². The van der Waals surface area contributed by atoms with Crippen molar-refractivity contribution < 1.29 is 9.46 Å². The van der Waals surface area contributed by atoms with E-state index in [1.54, 1.807) is 0 Å². The molecule has 0 aliphatic heterocycles. The third kappa shape index (κ3) is 4.24. The van der Waals surface area contributed by atoms with Gasteiger partial charge in [-0.3, -0.25) is 10.1 Å². The fraction of sp³-hybridized carbons (Fsp3) is 1.00. The maximum atomic E-state index is 10.9. The predicted molar refractivity (Wildman–Crippen MR) is 50.1 cm³/mol. The molecule has 1 rings (SSSR count). The third-order valence-corrected chi connectivity index (χ3v) is 3.53. The smallest absolute Gasteiger partial charge is 0.264 e. The third-order valence-electron chi connectivity index (χ3n) is 2.49. The highest BCUT2D eigenvalue weighted by Gasteiger charge is 2.20. The van der Waals surface area contributed by atoms with Crippen LogP contribution in [0.1, 0.15) is 38.5 Å². The van der Waals surface area contributed by atoms with Gasteiger partial charge in [0.05, 0.1) is 0 Å². The molecule has 0 bridgehead atoms. The summed E-state index contributed by atoms with van der Waals surface area (Å²) in [5.41, 5.74) is 5.13. The molecule has 72 valence electrons. The normalized spacial score (nSPS) is 26.2. The quantitative estimate of drug-likeness (QED) is 0.519. The lowest BCUT2D eigenvalue weighted by Crippen LogP contribution is -2.09. The number of hydrogen-bond donors (Lipinski definition) is 2. The molecule has 0 saturated heterocycles. The largest absolute Gasteiger partial charge is 0.333 e. The zero-order valence-corrected chi connectivity index (χ0v) is 8.30. The van der Waals surface area contributed by atoms with Crippen LogP contribution in [0, 0.1) is 5.92 Å². The minimum Gasteiger partial charge on any atom is -0.333 e. The zero-order valence-electron chi connectivity index (χ0n) is 7.41. The maximum absolute atomic E-state index is 10.9. The van der Waals surface area contributed by atoms with Crippen molar-refractivity contribution in [2.45, 2.75) is 38.5 Å². The monoisotopic (exact) mass is 191 g/mol. The Balaban J connectivity index is 2.35. The molecule has 0 heterocycles. The van der Waals surface area contributed by atoms with Crippen molar-refractivity contribution in [1.29, 1.82) is 0 Å². The van der Waals surface area contributed by atoms with Gasteiger partial charge >= 0.3 is 0 Å². The Kier molecular flexibility index (Phi) is 3.76. The molecule has 1 fully saturated rings. The molecule has 12 heavy (non-hydrogen) atoms. The van der Waals surface area contributed by atoms with Gasteiger partial charge in [0.1, 0.15) is 0 Å². The Morgan fingerprint density at radius 3 is 2.17 bits per heavy atom. The molecule has 0 spiro atoms. The summed E-state index contributed by atoms with van der Waals surface area (Å²) in [5, 5.41) is 0. The summed E-state index contributed by atoms with van der Waals surface area (Å²) < 4.78 is 10.9. The van der Waals surface area contributed by atoms with Gasteiger partial charge in [0, 0.05) is 6.16 Å². The van der Waals surface area contributed by atoms with E-state index in [1.165, 1.54) is 25.7 Å². The molecule has 1 aliphatic rings. The summed E-state index contributed by atoms with van der Waals surface area (Å²) in [6, 6.07) is 0. The first-order valence-corrected chi connectivity index (χ1v) is 6.60. The van der Waals surface area contributed by atoms with E-state index < -0.39 is 7.52 Å². The van der Waals surface area contributed by atoms with E-state index in [0.717, 1.165) is 12.8 Å². The molecule has 4 heteroatoms. The van der Waals surface area contributed by atoms with Crippen LogP contribution in [0.2, 0.25) is 0 Å². The molecule has 1 unspecified atom stereocenters. The van der Waals surface area contributed by atoms with E-state index >= 15 is 0 Å². The summed E-state index contributed by atoms with van der Waals surface area (Å²) in [6.45, 7) is 0. The van der Waals surface area contributed by atoms with Gasteiger partial charge < -0.3 is 4.89 Å². The predicted octanol–water partition coefficient (Wildman–Crippen LogP) is 2.10. The van der Waals surface area contributed by atoms with Crippen molar-refractivity contribution in [3.63, 3.8) is 0 Å². The Labute approximate surface area is 73.9 Å². The van der Waals surface area contributed by atoms with Crippen LogP contribution in [0.15, 0.2) is 0 Å². The molecule has 1 atom stereocenters. The van der Waals surface area contributed by atoms with Crippen molar-refractivity contribution in [2.75, 3.05) is 6.16 Å². The lowest BCUT2D eigenvalue weighted by Gasteiger charge is -2.14. The molecule has 0 amide bonds. The van der Waals surface area contributed by atoms with Gasteiger partial charge in [0.25, 0.3) is 7.52 Å². The number of nitrogens with two attached hydrogens (primary N) is 1. The second-order valence-corrected chi connectivity index (χ2v) is 5.67. The van der Waals surface area contributed by atoms with E-state index in [4.69, 9.17) is 10.4 Å². The molecular weight excluding hydrogens is 173 g/mol. The molecule has 0 aromatic rings. The Morgan fingerprint density at radius 1 is 1.25 bits per heavy atom. The fourth-order valence-corrected chi connectivity index (χ4v) is 3.02. The SMILES string of the molecule is NP(=O)(O)CC1CCCCCC1. The summed E-state index contributed by atoms with van der Waals surface area (Å²) in [4.78, 5) is 9.00. The minimum absolute atomic E-state index is 0.326. The minimum atomic E-state index is -3.25. The number of rotatable bonds is 2. The van der Waals surface area contributed by atoms with Gasteiger partial charge in [-0.15, -0.1) is 0 Å². The molecule has 1 saturated carbocycles. The van der Waals surface area contributed by atoms with Gasteiger partial charge in [-0.05, 0) is 18.8 Å². The highest BCUT2D eigenvalue weighted by atomic mass is 31.2. The van der Waals surface area contributed by atoms with Crippen LogP contribution in [0.5, 0.6) is 0 Å². The van der Waals surface area contributed by atoms with Crippen molar-refractivity contribution in [3.05, 3.63) is 0 Å². The average molecular weight is 191 g/mol. The van der Waals surface area contributed by atoms with Crippen LogP contribution in [0.3, 0.4) is 0 Å². The van der Waals surface area contributed by atoms with Crippen molar-refractivity contribution in [1.82, 2.24) is 0 Å². The van der Waals surface area contributed by atoms with Crippen LogP contribution >= 0.6 is 7.52 Å². The van der Waals surface area contributed by atoms with Crippen LogP contribution in [-0.4, -0.2) is 11.1 Å². The fourth-order valence-electron chi connectivity index (χ4n) is 1.92. The van der Waals surface area contributed by atoms with Crippen LogP contribution in [-0.2, 0) is 4.57 Å². The Bertz CT molecular complexity index is 170. The average Bonchev–Trinajstić information content (AvgIpc) is 2.12. The first kappa shape index (κ1) is 10.2. The summed E-state index contributed by atoms with van der Waals surface area (Å²) in [5.74, 6) is 0.397. The van der Waals surface area contributed by atoms with Crippen LogP contribution in [0.25, 0.3) is 0 Å². The van der Waals surface area contributed by atoms with Gasteiger partial charge in [0.15, 0.2) is 0 Å². The van der Waals surface area contributed by atoms with Crippen molar-refractivity contribution in [2.24, 2.45) is 11.4 Å². The van der Waals surface area contributed by atoms with E-state index in [1.807, 2.05) is 0 Å². The van der Waals surface area contributed by atoms with E-state index in [-0.39, 0.29) is 0 Å². The Hall–Kier alpha value is 0.150. The molecule has 1 aliphatic carbocycles. The molecule has 0 aromatic carbocycles. The first-order chi connectivity index (χ1) is 5.58. The van der Waals surface area contributed by atoms with Gasteiger partial charge in [-0.1, -0.05) is 25.7 Å². The van der Waals surface area contributed by atoms with Gasteiger partial charge in [0.2, 0.25) is 0 Å². The Morgan fingerprint density at radius 2 is 1.75 bits per heavy atom. The summed E-state index contributed by atoms with van der Waals surface area (Å²) in [6.07, 6.45) is 7.44. The van der Waals surface area contributed by atoms with E-state index in [9.17, 15) is 4.57 Å². The van der Waals surface area contributed by atoms with E-state index in [2.05, 4.69) is 0 Å². The summed E-state index contributed by atoms with van der Waals surface area (Å²) in [7, 11) is -3.25. The maximum Gasteiger partial charge on any atom is 0.264 e. The number of hydrogen-bond acceptors (Lipinski definition) is 1. The zero-order chi connectivity index (χ0) is 9.03. The van der Waals surface area contributed by atoms with Gasteiger partial charge in [-0.2, -0.15) is 0 Å². The highest BCUT2D eigenvalue weighted by molar-refractivity contribution is 7.55. The molecule has 3 N–H and O–H groups in total. The second-order valence-electron chi connectivity index (χ2n) is 3.80. The molecule has 0 radical (unpaired) electrons. The van der Waals surface area contributed by atoms with Gasteiger partial charge in [-0.25, -0.2) is 0 Å². The lowest BCUT2D eigenvalue weighted by molar-refractivity contribution is 0.442. The molecular formula is C8H18NO2P. The standard InChI is InChI=1S/C8H18NO2P/c9-12(10,11)7-8-5-3-1-2-4-6-8/h8H,1-7H2,(H3,9,10,11). The topological polar surface area (TPSA) is 63.3 Å². The van der Waals surface area contributed by atoms with E-state index in [0.29, 0.717) is 12.1 Å². The van der Waals surface area contributed by atoms with Crippen molar-refractivity contribution >= 4 is 7.52 Å². The molecule has 0 aromatic heterocycles. The van der Waals surface area contributed by atoms with Crippen molar-refractivity contribution in [3.8, 4) is 0 Å².